The number of rotatable bonds is 8. The van der Waals surface area contributed by atoms with Gasteiger partial charge in [0.1, 0.15) is 5.25 Å². The fraction of sp³-hybridized carbons (Fsp3) is 0.120. The van der Waals surface area contributed by atoms with Crippen LogP contribution in [0, 0.1) is 0 Å². The Labute approximate surface area is 181 Å². The number of carbonyl (C=O) groups excluding carboxylic acids is 1. The number of nitrogens with one attached hydrogen (secondary N) is 1. The van der Waals surface area contributed by atoms with Gasteiger partial charge in [0, 0.05) is 30.4 Å². The van der Waals surface area contributed by atoms with Gasteiger partial charge in [-0.05, 0) is 28.8 Å². The third-order valence-corrected chi connectivity index (χ3v) is 6.02. The van der Waals surface area contributed by atoms with E-state index in [4.69, 9.17) is 0 Å². The van der Waals surface area contributed by atoms with Crippen LogP contribution in [0.25, 0.3) is 0 Å². The third kappa shape index (κ3) is 5.39. The van der Waals surface area contributed by atoms with Gasteiger partial charge in [-0.25, -0.2) is 4.98 Å². The number of hydrogen-bond acceptors (Lipinski definition) is 3. The maximum Gasteiger partial charge on any atom is 0.238 e. The molecule has 0 spiro atoms. The van der Waals surface area contributed by atoms with Crippen molar-refractivity contribution in [2.45, 2.75) is 23.2 Å². The molecule has 1 atom stereocenters. The highest BCUT2D eigenvalue weighted by atomic mass is 32.2. The molecule has 30 heavy (non-hydrogen) atoms. The molecule has 0 bridgehead atoms. The smallest absolute Gasteiger partial charge is 0.238 e. The van der Waals surface area contributed by atoms with E-state index in [0.717, 1.165) is 22.6 Å². The molecule has 0 saturated carbocycles. The number of aromatic nitrogens is 2. The van der Waals surface area contributed by atoms with E-state index in [2.05, 4.69) is 34.6 Å². The molecular weight excluding hydrogens is 390 g/mol. The number of carbonyl (C=O) groups is 1. The van der Waals surface area contributed by atoms with Crippen molar-refractivity contribution in [2.75, 3.05) is 0 Å². The van der Waals surface area contributed by atoms with Gasteiger partial charge in [0.05, 0.1) is 6.33 Å². The van der Waals surface area contributed by atoms with Crippen molar-refractivity contribution in [1.82, 2.24) is 14.9 Å². The van der Waals surface area contributed by atoms with E-state index in [1.165, 1.54) is 5.56 Å². The average molecular weight is 414 g/mol. The molecule has 0 radical (unpaired) electrons. The van der Waals surface area contributed by atoms with Crippen molar-refractivity contribution in [3.05, 3.63) is 120 Å². The molecule has 150 valence electrons. The zero-order chi connectivity index (χ0) is 20.6. The molecule has 1 amide bonds. The average Bonchev–Trinajstić information content (AvgIpc) is 3.31. The first-order valence-electron chi connectivity index (χ1n) is 9.86. The van der Waals surface area contributed by atoms with Gasteiger partial charge in [0.25, 0.3) is 0 Å². The van der Waals surface area contributed by atoms with Crippen LogP contribution in [-0.4, -0.2) is 15.5 Å². The fourth-order valence-corrected chi connectivity index (χ4v) is 4.24. The summed E-state index contributed by atoms with van der Waals surface area (Å²) in [6.07, 6.45) is 5.53. The quantitative estimate of drug-likeness (QED) is 0.410. The molecule has 4 nitrogen and oxygen atoms in total. The van der Waals surface area contributed by atoms with Crippen LogP contribution < -0.4 is 5.32 Å². The Morgan fingerprint density at radius 1 is 0.900 bits per heavy atom. The molecule has 0 aliphatic rings. The summed E-state index contributed by atoms with van der Waals surface area (Å²) >= 11 is 1.57. The molecule has 1 N–H and O–H groups in total. The molecule has 4 rings (SSSR count). The van der Waals surface area contributed by atoms with Crippen molar-refractivity contribution in [3.8, 4) is 0 Å². The lowest BCUT2D eigenvalue weighted by molar-refractivity contribution is -0.120. The van der Waals surface area contributed by atoms with Crippen molar-refractivity contribution >= 4 is 17.7 Å². The summed E-state index contributed by atoms with van der Waals surface area (Å²) in [6, 6.07) is 28.3. The molecular formula is C25H23N3OS. The van der Waals surface area contributed by atoms with Crippen LogP contribution in [0.4, 0.5) is 0 Å². The molecule has 0 aliphatic carbocycles. The maximum absolute atomic E-state index is 13.1. The topological polar surface area (TPSA) is 46.9 Å². The van der Waals surface area contributed by atoms with Crippen molar-refractivity contribution in [2.24, 2.45) is 0 Å². The largest absolute Gasteiger partial charge is 0.351 e. The Morgan fingerprint density at radius 2 is 1.57 bits per heavy atom. The number of imidazole rings is 1. The number of benzene rings is 3. The highest BCUT2D eigenvalue weighted by molar-refractivity contribution is 8.00. The monoisotopic (exact) mass is 413 g/mol. The first kappa shape index (κ1) is 20.0. The number of amides is 1. The molecule has 4 aromatic rings. The minimum atomic E-state index is -0.297. The van der Waals surface area contributed by atoms with Gasteiger partial charge < -0.3 is 9.88 Å². The van der Waals surface area contributed by atoms with Gasteiger partial charge in [0.2, 0.25) is 5.91 Å². The van der Waals surface area contributed by atoms with Crippen molar-refractivity contribution < 1.29 is 4.79 Å². The molecule has 0 unspecified atom stereocenters. The Bertz CT molecular complexity index is 1050. The summed E-state index contributed by atoms with van der Waals surface area (Å²) in [5.74, 6) is 0.0116. The molecule has 0 fully saturated rings. The summed E-state index contributed by atoms with van der Waals surface area (Å²) in [5, 5.41) is 2.81. The second kappa shape index (κ2) is 9.94. The van der Waals surface area contributed by atoms with E-state index in [1.54, 1.807) is 18.0 Å². The summed E-state index contributed by atoms with van der Waals surface area (Å²) in [5.41, 5.74) is 3.28. The van der Waals surface area contributed by atoms with Gasteiger partial charge >= 0.3 is 0 Å². The van der Waals surface area contributed by atoms with Gasteiger partial charge in [-0.15, -0.1) is 11.8 Å². The number of hydrogen-bond donors (Lipinski definition) is 1. The second-order valence-electron chi connectivity index (χ2n) is 6.99. The van der Waals surface area contributed by atoms with Crippen LogP contribution in [0.3, 0.4) is 0 Å². The Kier molecular flexibility index (Phi) is 6.62. The van der Waals surface area contributed by atoms with Crippen LogP contribution in [-0.2, 0) is 17.9 Å². The SMILES string of the molecule is O=C(NCc1ccc(Cn2ccnc2)cc1)[C@@H](Sc1ccccc1)c1ccccc1. The lowest BCUT2D eigenvalue weighted by Gasteiger charge is -2.17. The fourth-order valence-electron chi connectivity index (χ4n) is 3.17. The minimum absolute atomic E-state index is 0.0116. The third-order valence-electron chi connectivity index (χ3n) is 4.75. The van der Waals surface area contributed by atoms with Crippen LogP contribution in [0.1, 0.15) is 21.9 Å². The van der Waals surface area contributed by atoms with E-state index in [9.17, 15) is 4.79 Å². The maximum atomic E-state index is 13.1. The second-order valence-corrected chi connectivity index (χ2v) is 8.17. The zero-order valence-corrected chi connectivity index (χ0v) is 17.3. The Morgan fingerprint density at radius 3 is 2.23 bits per heavy atom. The predicted octanol–water partition coefficient (Wildman–Crippen LogP) is 5.08. The van der Waals surface area contributed by atoms with Crippen LogP contribution in [0.2, 0.25) is 0 Å². The van der Waals surface area contributed by atoms with Crippen molar-refractivity contribution in [1.29, 1.82) is 0 Å². The van der Waals surface area contributed by atoms with Gasteiger partial charge in [-0.1, -0.05) is 72.8 Å². The standard InChI is InChI=1S/C25H23N3OS/c29-25(24(22-7-3-1-4-8-22)30-23-9-5-2-6-10-23)27-17-20-11-13-21(14-12-20)18-28-16-15-26-19-28/h1-16,19,24H,17-18H2,(H,27,29)/t24-/m0/s1. The zero-order valence-electron chi connectivity index (χ0n) is 16.5. The normalized spacial score (nSPS) is 11.7. The molecule has 5 heteroatoms. The highest BCUT2D eigenvalue weighted by Crippen LogP contribution is 2.35. The Balaban J connectivity index is 1.41. The lowest BCUT2D eigenvalue weighted by atomic mass is 10.1. The van der Waals surface area contributed by atoms with Crippen LogP contribution in [0.15, 0.2) is 109 Å². The molecule has 0 saturated heterocycles. The summed E-state index contributed by atoms with van der Waals surface area (Å²) in [6.45, 7) is 1.29. The predicted molar refractivity (Wildman–Crippen MR) is 121 cm³/mol. The van der Waals surface area contributed by atoms with Gasteiger partial charge in [-0.2, -0.15) is 0 Å². The number of nitrogens with zero attached hydrogens (tertiary/aromatic N) is 2. The van der Waals surface area contributed by atoms with E-state index in [0.29, 0.717) is 6.54 Å². The first-order chi connectivity index (χ1) is 14.8. The summed E-state index contributed by atoms with van der Waals surface area (Å²) in [7, 11) is 0. The molecule has 1 aromatic heterocycles. The van der Waals surface area contributed by atoms with E-state index < -0.39 is 0 Å². The van der Waals surface area contributed by atoms with Crippen molar-refractivity contribution in [3.63, 3.8) is 0 Å². The van der Waals surface area contributed by atoms with Crippen LogP contribution >= 0.6 is 11.8 Å². The highest BCUT2D eigenvalue weighted by Gasteiger charge is 2.21. The molecule has 1 heterocycles. The van der Waals surface area contributed by atoms with Gasteiger partial charge in [0.15, 0.2) is 0 Å². The first-order valence-corrected chi connectivity index (χ1v) is 10.7. The lowest BCUT2D eigenvalue weighted by Crippen LogP contribution is -2.27. The summed E-state index contributed by atoms with van der Waals surface area (Å²) < 4.78 is 2.03. The number of thioether (sulfide) groups is 1. The van der Waals surface area contributed by atoms with Gasteiger partial charge in [-0.3, -0.25) is 4.79 Å². The minimum Gasteiger partial charge on any atom is -0.351 e. The van der Waals surface area contributed by atoms with E-state index >= 15 is 0 Å². The summed E-state index contributed by atoms with van der Waals surface area (Å²) in [4.78, 5) is 18.2. The molecule has 0 aliphatic heterocycles. The molecule has 3 aromatic carbocycles. The van der Waals surface area contributed by atoms with E-state index in [-0.39, 0.29) is 11.2 Å². The Hall–Kier alpha value is -3.31. The van der Waals surface area contributed by atoms with E-state index in [1.807, 2.05) is 77.8 Å². The van der Waals surface area contributed by atoms with Crippen LogP contribution in [0.5, 0.6) is 0 Å².